The molecule has 3 N–H and O–H groups in total. The zero-order chi connectivity index (χ0) is 30.7. The Hall–Kier alpha value is -1.50. The molecule has 4 aliphatic carbocycles. The molecule has 1 spiro atoms. The van der Waals surface area contributed by atoms with Crippen LogP contribution in [0.15, 0.2) is 23.3 Å². The molecule has 0 aromatic rings. The van der Waals surface area contributed by atoms with Crippen molar-refractivity contribution in [1.82, 2.24) is 0 Å². The maximum absolute atomic E-state index is 14.3. The molecule has 2 fully saturated rings. The Labute approximate surface area is 254 Å². The lowest BCUT2D eigenvalue weighted by molar-refractivity contribution is -0.190. The summed E-state index contributed by atoms with van der Waals surface area (Å²) in [5.41, 5.74) is -2.65. The Morgan fingerprint density at radius 1 is 0.929 bits per heavy atom. The Balaban J connectivity index is 1.27. The van der Waals surface area contributed by atoms with Gasteiger partial charge in [-0.05, 0) is 54.1 Å². The zero-order valence-electron chi connectivity index (χ0n) is 27.0. The van der Waals surface area contributed by atoms with Crippen molar-refractivity contribution in [3.63, 3.8) is 0 Å². The van der Waals surface area contributed by atoms with Gasteiger partial charge in [0.05, 0.1) is 5.41 Å². The number of ketones is 1. The summed E-state index contributed by atoms with van der Waals surface area (Å²) < 4.78 is 5.62. The van der Waals surface area contributed by atoms with Crippen LogP contribution in [-0.2, 0) is 14.3 Å². The molecule has 0 aliphatic heterocycles. The van der Waals surface area contributed by atoms with Gasteiger partial charge in [-0.15, -0.1) is 0 Å². The molecule has 0 aromatic carbocycles. The highest BCUT2D eigenvalue weighted by Crippen LogP contribution is 2.71. The van der Waals surface area contributed by atoms with Crippen molar-refractivity contribution in [2.75, 3.05) is 6.61 Å². The standard InChI is InChI=1S/C36H58O6/c1-6-7-8-9-10-11-12-13-14-15-16-17-18-19-29(37)42-23-26-21-27-30-28(34(30,4)5)20-25(3)35(33(27)40)22-24(2)31(38)36(35,41)32(26)39/h21-22,25,27-28,30-32,38-39,41H,6-20,23H2,1-5H3/t25-,27-,28-,30+,31+,32-,35+,36-/m1/s1. The fourth-order valence-electron chi connectivity index (χ4n) is 8.94. The largest absolute Gasteiger partial charge is 0.461 e. The minimum Gasteiger partial charge on any atom is -0.461 e. The van der Waals surface area contributed by atoms with Crippen molar-refractivity contribution in [2.45, 2.75) is 149 Å². The SMILES string of the molecule is CCCCCCCCCCCCCCCC(=O)OCC1=C[C@H]2C(=O)[C@]3(C=C(C)[C@H](O)[C@@]3(O)[C@@H]1O)[C@H](C)C[C@@H]1[C@H]2C1(C)C. The molecular formula is C36H58O6. The first-order valence-electron chi connectivity index (χ1n) is 17.1. The van der Waals surface area contributed by atoms with Crippen molar-refractivity contribution >= 4 is 11.8 Å². The topological polar surface area (TPSA) is 104 Å². The van der Waals surface area contributed by atoms with E-state index >= 15 is 0 Å². The molecule has 8 atom stereocenters. The second-order valence-electron chi connectivity index (χ2n) is 14.8. The van der Waals surface area contributed by atoms with Crippen molar-refractivity contribution in [2.24, 2.45) is 34.5 Å². The zero-order valence-corrected chi connectivity index (χ0v) is 27.0. The van der Waals surface area contributed by atoms with Crippen LogP contribution in [-0.4, -0.2) is 51.5 Å². The molecule has 0 saturated heterocycles. The van der Waals surface area contributed by atoms with Crippen LogP contribution in [0.5, 0.6) is 0 Å². The molecule has 6 nitrogen and oxygen atoms in total. The molecular weight excluding hydrogens is 528 g/mol. The number of Topliss-reactive ketones (excluding diaryl/α,β-unsaturated/α-hetero) is 1. The molecule has 0 aromatic heterocycles. The van der Waals surface area contributed by atoms with Gasteiger partial charge in [-0.2, -0.15) is 0 Å². The van der Waals surface area contributed by atoms with Crippen LogP contribution >= 0.6 is 0 Å². The second-order valence-corrected chi connectivity index (χ2v) is 14.8. The van der Waals surface area contributed by atoms with Crippen LogP contribution in [0.1, 0.15) is 131 Å². The fourth-order valence-corrected chi connectivity index (χ4v) is 8.94. The molecule has 2 saturated carbocycles. The average molecular weight is 587 g/mol. The van der Waals surface area contributed by atoms with E-state index in [2.05, 4.69) is 20.8 Å². The number of aliphatic hydroxyl groups excluding tert-OH is 2. The van der Waals surface area contributed by atoms with Gasteiger partial charge in [0.2, 0.25) is 0 Å². The van der Waals surface area contributed by atoms with E-state index in [0.29, 0.717) is 23.5 Å². The van der Waals surface area contributed by atoms with Crippen molar-refractivity contribution < 1.29 is 29.6 Å². The van der Waals surface area contributed by atoms with E-state index in [4.69, 9.17) is 4.74 Å². The summed E-state index contributed by atoms with van der Waals surface area (Å²) in [5.74, 6) is -0.780. The van der Waals surface area contributed by atoms with Crippen molar-refractivity contribution in [1.29, 1.82) is 0 Å². The van der Waals surface area contributed by atoms with Crippen molar-refractivity contribution in [3.8, 4) is 0 Å². The maximum Gasteiger partial charge on any atom is 0.306 e. The Morgan fingerprint density at radius 3 is 2.05 bits per heavy atom. The highest BCUT2D eigenvalue weighted by atomic mass is 16.5. The highest BCUT2D eigenvalue weighted by Gasteiger charge is 2.75. The van der Waals surface area contributed by atoms with Gasteiger partial charge in [0, 0.05) is 12.3 Å². The van der Waals surface area contributed by atoms with Crippen LogP contribution in [0.25, 0.3) is 0 Å². The highest BCUT2D eigenvalue weighted by molar-refractivity contribution is 5.95. The van der Waals surface area contributed by atoms with E-state index in [1.165, 1.54) is 64.2 Å². The number of esters is 1. The molecule has 6 heteroatoms. The number of unbranched alkanes of at least 4 members (excludes halogenated alkanes) is 12. The monoisotopic (exact) mass is 586 g/mol. The number of carbonyl (C=O) groups is 2. The second kappa shape index (κ2) is 13.6. The molecule has 0 amide bonds. The third-order valence-electron chi connectivity index (χ3n) is 11.6. The maximum atomic E-state index is 14.3. The van der Waals surface area contributed by atoms with E-state index < -0.39 is 29.1 Å². The molecule has 0 heterocycles. The lowest BCUT2D eigenvalue weighted by Gasteiger charge is -2.48. The third-order valence-corrected chi connectivity index (χ3v) is 11.6. The predicted molar refractivity (Wildman–Crippen MR) is 166 cm³/mol. The number of ether oxygens (including phenoxy) is 1. The van der Waals surface area contributed by atoms with E-state index in [0.717, 1.165) is 25.7 Å². The molecule has 0 unspecified atom stereocenters. The smallest absolute Gasteiger partial charge is 0.306 e. The van der Waals surface area contributed by atoms with E-state index in [-0.39, 0.29) is 35.6 Å². The summed E-state index contributed by atoms with van der Waals surface area (Å²) in [5, 5.41) is 34.9. The van der Waals surface area contributed by atoms with Gasteiger partial charge < -0.3 is 20.1 Å². The molecule has 4 rings (SSSR count). The minimum atomic E-state index is -2.09. The summed E-state index contributed by atoms with van der Waals surface area (Å²) in [6, 6.07) is 0. The number of allylic oxidation sites excluding steroid dienone is 1. The predicted octanol–water partition coefficient (Wildman–Crippen LogP) is 6.85. The first-order valence-corrected chi connectivity index (χ1v) is 17.1. The summed E-state index contributed by atoms with van der Waals surface area (Å²) in [6.07, 6.45) is 17.8. The van der Waals surface area contributed by atoms with Gasteiger partial charge in [0.1, 0.15) is 24.4 Å². The molecule has 42 heavy (non-hydrogen) atoms. The first-order chi connectivity index (χ1) is 19.9. The van der Waals surface area contributed by atoms with Crippen molar-refractivity contribution in [3.05, 3.63) is 23.3 Å². The van der Waals surface area contributed by atoms with E-state index in [9.17, 15) is 24.9 Å². The van der Waals surface area contributed by atoms with Crippen LogP contribution in [0.4, 0.5) is 0 Å². The number of carbonyl (C=O) groups excluding carboxylic acids is 2. The normalized spacial score (nSPS) is 36.3. The lowest BCUT2D eigenvalue weighted by atomic mass is 9.59. The number of aliphatic hydroxyl groups is 3. The van der Waals surface area contributed by atoms with Gasteiger partial charge in [-0.3, -0.25) is 9.59 Å². The Bertz CT molecular complexity index is 1030. The fraction of sp³-hybridized carbons (Fsp3) is 0.833. The summed E-state index contributed by atoms with van der Waals surface area (Å²) in [4.78, 5) is 26.9. The quantitative estimate of drug-likeness (QED) is 0.104. The minimum absolute atomic E-state index is 0.0217. The number of rotatable bonds is 16. The summed E-state index contributed by atoms with van der Waals surface area (Å²) in [7, 11) is 0. The van der Waals surface area contributed by atoms with Crippen LogP contribution in [0.3, 0.4) is 0 Å². The van der Waals surface area contributed by atoms with Gasteiger partial charge in [0.25, 0.3) is 0 Å². The van der Waals surface area contributed by atoms with Crippen LogP contribution < -0.4 is 0 Å². The number of fused-ring (bicyclic) bond motifs is 3. The van der Waals surface area contributed by atoms with Gasteiger partial charge in [-0.1, -0.05) is 117 Å². The van der Waals surface area contributed by atoms with Gasteiger partial charge in [0.15, 0.2) is 5.78 Å². The lowest BCUT2D eigenvalue weighted by Crippen LogP contribution is -2.65. The number of hydrogen-bond donors (Lipinski definition) is 3. The molecule has 4 aliphatic rings. The Kier molecular flexibility index (Phi) is 10.9. The third kappa shape index (κ3) is 6.06. The average Bonchev–Trinajstić information content (AvgIpc) is 3.45. The molecule has 0 radical (unpaired) electrons. The summed E-state index contributed by atoms with van der Waals surface area (Å²) >= 11 is 0. The first kappa shape index (κ1) is 33.4. The van der Waals surface area contributed by atoms with Gasteiger partial charge >= 0.3 is 5.97 Å². The number of hydrogen-bond acceptors (Lipinski definition) is 6. The Morgan fingerprint density at radius 2 is 1.48 bits per heavy atom. The van der Waals surface area contributed by atoms with Crippen LogP contribution in [0, 0.1) is 34.5 Å². The summed E-state index contributed by atoms with van der Waals surface area (Å²) in [6.45, 7) is 10.1. The van der Waals surface area contributed by atoms with Gasteiger partial charge in [-0.25, -0.2) is 0 Å². The van der Waals surface area contributed by atoms with E-state index in [1.807, 2.05) is 6.92 Å². The van der Waals surface area contributed by atoms with Crippen LogP contribution in [0.2, 0.25) is 0 Å². The molecule has 2 bridgehead atoms. The molecule has 238 valence electrons. The van der Waals surface area contributed by atoms with E-state index in [1.54, 1.807) is 19.1 Å².